The van der Waals surface area contributed by atoms with Gasteiger partial charge in [0.15, 0.2) is 6.29 Å². The number of nitrogens with one attached hydrogen (secondary N) is 1. The molecule has 1 unspecified atom stereocenters. The SMILES string of the molecule is COC(OC)C(NN)c1ccc2c(c1)CCO2. The van der Waals surface area contributed by atoms with Crippen LogP contribution in [-0.4, -0.2) is 27.1 Å². The predicted octanol–water partition coefficient (Wildman–Crippen LogP) is 0.745. The standard InChI is InChI=1S/C12H18N2O3/c1-15-12(16-2)11(14-13)9-3-4-10-8(7-9)5-6-17-10/h3-4,7,11-12,14H,5-6,13H2,1-2H3. The van der Waals surface area contributed by atoms with Crippen LogP contribution >= 0.6 is 0 Å². The van der Waals surface area contributed by atoms with Crippen LogP contribution in [0.1, 0.15) is 17.2 Å². The van der Waals surface area contributed by atoms with E-state index in [0.29, 0.717) is 0 Å². The molecular formula is C12H18N2O3. The van der Waals surface area contributed by atoms with E-state index in [1.807, 2.05) is 12.1 Å². The van der Waals surface area contributed by atoms with Crippen molar-refractivity contribution in [1.29, 1.82) is 0 Å². The van der Waals surface area contributed by atoms with Gasteiger partial charge in [0.1, 0.15) is 5.75 Å². The zero-order valence-electron chi connectivity index (χ0n) is 10.1. The smallest absolute Gasteiger partial charge is 0.177 e. The first-order chi connectivity index (χ1) is 8.30. The largest absolute Gasteiger partial charge is 0.493 e. The van der Waals surface area contributed by atoms with Gasteiger partial charge < -0.3 is 14.2 Å². The molecule has 0 radical (unpaired) electrons. The lowest BCUT2D eigenvalue weighted by Crippen LogP contribution is -2.38. The maximum Gasteiger partial charge on any atom is 0.177 e. The Morgan fingerprint density at radius 1 is 1.35 bits per heavy atom. The van der Waals surface area contributed by atoms with E-state index >= 15 is 0 Å². The number of methoxy groups -OCH3 is 2. The normalized spacial score (nSPS) is 15.8. The summed E-state index contributed by atoms with van der Waals surface area (Å²) in [7, 11) is 3.18. The minimum absolute atomic E-state index is 0.198. The first kappa shape index (κ1) is 12.3. The van der Waals surface area contributed by atoms with Crippen molar-refractivity contribution in [2.75, 3.05) is 20.8 Å². The predicted molar refractivity (Wildman–Crippen MR) is 63.5 cm³/mol. The quantitative estimate of drug-likeness (QED) is 0.450. The summed E-state index contributed by atoms with van der Waals surface area (Å²) < 4.78 is 15.9. The van der Waals surface area contributed by atoms with Crippen LogP contribution in [0, 0.1) is 0 Å². The Hall–Kier alpha value is -1.14. The monoisotopic (exact) mass is 238 g/mol. The fourth-order valence-corrected chi connectivity index (χ4v) is 2.10. The van der Waals surface area contributed by atoms with Gasteiger partial charge in [-0.3, -0.25) is 5.84 Å². The molecule has 2 rings (SSSR count). The number of ether oxygens (including phenoxy) is 3. The van der Waals surface area contributed by atoms with E-state index in [0.717, 1.165) is 24.3 Å². The molecule has 0 amide bonds. The number of rotatable bonds is 5. The van der Waals surface area contributed by atoms with E-state index in [1.54, 1.807) is 14.2 Å². The van der Waals surface area contributed by atoms with Gasteiger partial charge in [0.2, 0.25) is 0 Å². The number of fused-ring (bicyclic) bond motifs is 1. The topological polar surface area (TPSA) is 65.7 Å². The van der Waals surface area contributed by atoms with Crippen molar-refractivity contribution < 1.29 is 14.2 Å². The van der Waals surface area contributed by atoms with Gasteiger partial charge in [-0.05, 0) is 17.2 Å². The molecule has 0 bridgehead atoms. The second kappa shape index (κ2) is 5.46. The van der Waals surface area contributed by atoms with Crippen LogP contribution < -0.4 is 16.0 Å². The van der Waals surface area contributed by atoms with Crippen LogP contribution in [0.3, 0.4) is 0 Å². The number of benzene rings is 1. The average molecular weight is 238 g/mol. The Bertz CT molecular complexity index is 380. The molecule has 0 spiro atoms. The molecule has 1 aliphatic rings. The van der Waals surface area contributed by atoms with Gasteiger partial charge >= 0.3 is 0 Å². The Morgan fingerprint density at radius 2 is 2.12 bits per heavy atom. The van der Waals surface area contributed by atoms with E-state index in [1.165, 1.54) is 5.56 Å². The molecule has 0 aliphatic carbocycles. The molecule has 0 saturated carbocycles. The zero-order valence-corrected chi connectivity index (χ0v) is 10.1. The van der Waals surface area contributed by atoms with Crippen LogP contribution in [-0.2, 0) is 15.9 Å². The summed E-state index contributed by atoms with van der Waals surface area (Å²) in [6.07, 6.45) is 0.519. The highest BCUT2D eigenvalue weighted by atomic mass is 16.7. The Morgan fingerprint density at radius 3 is 2.76 bits per heavy atom. The summed E-state index contributed by atoms with van der Waals surface area (Å²) in [5, 5.41) is 0. The molecule has 1 heterocycles. The molecule has 5 heteroatoms. The minimum Gasteiger partial charge on any atom is -0.493 e. The maximum absolute atomic E-state index is 5.56. The van der Waals surface area contributed by atoms with Crippen LogP contribution in [0.2, 0.25) is 0 Å². The summed E-state index contributed by atoms with van der Waals surface area (Å²) in [6, 6.07) is 5.82. The summed E-state index contributed by atoms with van der Waals surface area (Å²) in [6.45, 7) is 0.748. The summed E-state index contributed by atoms with van der Waals surface area (Å²) in [5.41, 5.74) is 4.96. The zero-order chi connectivity index (χ0) is 12.3. The number of hydrazine groups is 1. The van der Waals surface area contributed by atoms with Gasteiger partial charge in [-0.25, -0.2) is 5.43 Å². The molecule has 0 aromatic heterocycles. The summed E-state index contributed by atoms with van der Waals surface area (Å²) in [4.78, 5) is 0. The Labute approximate surface area is 101 Å². The third-order valence-corrected chi connectivity index (χ3v) is 2.99. The lowest BCUT2D eigenvalue weighted by atomic mass is 10.0. The molecular weight excluding hydrogens is 220 g/mol. The van der Waals surface area contributed by atoms with Crippen molar-refractivity contribution in [3.8, 4) is 5.75 Å². The van der Waals surface area contributed by atoms with E-state index in [9.17, 15) is 0 Å². The highest BCUT2D eigenvalue weighted by molar-refractivity contribution is 5.40. The van der Waals surface area contributed by atoms with E-state index in [-0.39, 0.29) is 6.04 Å². The van der Waals surface area contributed by atoms with Crippen molar-refractivity contribution in [2.24, 2.45) is 5.84 Å². The average Bonchev–Trinajstić information content (AvgIpc) is 2.82. The molecule has 1 aromatic carbocycles. The van der Waals surface area contributed by atoms with Crippen molar-refractivity contribution in [3.05, 3.63) is 29.3 Å². The third kappa shape index (κ3) is 2.42. The molecule has 17 heavy (non-hydrogen) atoms. The molecule has 3 N–H and O–H groups in total. The van der Waals surface area contributed by atoms with Gasteiger partial charge in [0, 0.05) is 20.6 Å². The molecule has 0 fully saturated rings. The van der Waals surface area contributed by atoms with Gasteiger partial charge in [0.05, 0.1) is 12.6 Å². The molecule has 5 nitrogen and oxygen atoms in total. The highest BCUT2D eigenvalue weighted by Gasteiger charge is 2.23. The van der Waals surface area contributed by atoms with Crippen LogP contribution in [0.5, 0.6) is 5.75 Å². The minimum atomic E-state index is -0.416. The van der Waals surface area contributed by atoms with Crippen LogP contribution in [0.4, 0.5) is 0 Å². The fraction of sp³-hybridized carbons (Fsp3) is 0.500. The van der Waals surface area contributed by atoms with Gasteiger partial charge in [-0.2, -0.15) is 0 Å². The van der Waals surface area contributed by atoms with Gasteiger partial charge in [0.25, 0.3) is 0 Å². The summed E-state index contributed by atoms with van der Waals surface area (Å²) in [5.74, 6) is 6.52. The molecule has 1 aliphatic heterocycles. The molecule has 94 valence electrons. The molecule has 1 aromatic rings. The van der Waals surface area contributed by atoms with Gasteiger partial charge in [-0.1, -0.05) is 12.1 Å². The first-order valence-corrected chi connectivity index (χ1v) is 5.57. The van der Waals surface area contributed by atoms with Crippen LogP contribution in [0.25, 0.3) is 0 Å². The van der Waals surface area contributed by atoms with Crippen molar-refractivity contribution >= 4 is 0 Å². The Kier molecular flexibility index (Phi) is 3.96. The lowest BCUT2D eigenvalue weighted by Gasteiger charge is -2.24. The maximum atomic E-state index is 5.56. The number of nitrogens with two attached hydrogens (primary N) is 1. The third-order valence-electron chi connectivity index (χ3n) is 2.99. The molecule has 0 saturated heterocycles. The molecule has 1 atom stereocenters. The van der Waals surface area contributed by atoms with Crippen LogP contribution in [0.15, 0.2) is 18.2 Å². The van der Waals surface area contributed by atoms with E-state index in [2.05, 4.69) is 11.5 Å². The second-order valence-electron chi connectivity index (χ2n) is 3.95. The summed E-state index contributed by atoms with van der Waals surface area (Å²) >= 11 is 0. The van der Waals surface area contributed by atoms with E-state index in [4.69, 9.17) is 20.1 Å². The van der Waals surface area contributed by atoms with Crippen molar-refractivity contribution in [1.82, 2.24) is 5.43 Å². The van der Waals surface area contributed by atoms with Crippen molar-refractivity contribution in [3.63, 3.8) is 0 Å². The first-order valence-electron chi connectivity index (χ1n) is 5.57. The van der Waals surface area contributed by atoms with Gasteiger partial charge in [-0.15, -0.1) is 0 Å². The number of hydrogen-bond donors (Lipinski definition) is 2. The fourth-order valence-electron chi connectivity index (χ4n) is 2.10. The lowest BCUT2D eigenvalue weighted by molar-refractivity contribution is -0.124. The highest BCUT2D eigenvalue weighted by Crippen LogP contribution is 2.29. The Balaban J connectivity index is 2.25. The number of hydrogen-bond acceptors (Lipinski definition) is 5. The van der Waals surface area contributed by atoms with E-state index < -0.39 is 6.29 Å². The second-order valence-corrected chi connectivity index (χ2v) is 3.95. The van der Waals surface area contributed by atoms with Crippen molar-refractivity contribution in [2.45, 2.75) is 18.8 Å².